The number of nitriles is 2. The van der Waals surface area contributed by atoms with Crippen molar-refractivity contribution in [1.29, 1.82) is 10.5 Å². The van der Waals surface area contributed by atoms with E-state index in [1.807, 2.05) is 6.07 Å². The Bertz CT molecular complexity index is 386. The van der Waals surface area contributed by atoms with Gasteiger partial charge in [0.05, 0.1) is 12.1 Å². The third kappa shape index (κ3) is 4.42. The summed E-state index contributed by atoms with van der Waals surface area (Å²) in [7, 11) is 0. The highest BCUT2D eigenvalue weighted by atomic mass is 16.2. The fourth-order valence-electron chi connectivity index (χ4n) is 1.96. The number of nitrogens with zero attached hydrogens (tertiary/aromatic N) is 3. The minimum Gasteiger partial charge on any atom is -0.355 e. The van der Waals surface area contributed by atoms with Crippen LogP contribution in [0, 0.1) is 28.6 Å². The van der Waals surface area contributed by atoms with Gasteiger partial charge in [-0.25, -0.2) is 0 Å². The van der Waals surface area contributed by atoms with Crippen LogP contribution in [0.4, 0.5) is 0 Å². The van der Waals surface area contributed by atoms with Crippen LogP contribution >= 0.6 is 0 Å². The molecule has 1 aliphatic rings. The molecule has 0 unspecified atom stereocenters. The summed E-state index contributed by atoms with van der Waals surface area (Å²) >= 11 is 0. The van der Waals surface area contributed by atoms with Gasteiger partial charge >= 0.3 is 0 Å². The molecule has 0 saturated carbocycles. The van der Waals surface area contributed by atoms with E-state index >= 15 is 0 Å². The van der Waals surface area contributed by atoms with E-state index in [0.29, 0.717) is 25.6 Å². The van der Waals surface area contributed by atoms with Gasteiger partial charge in [0.1, 0.15) is 12.8 Å². The third-order valence-electron chi connectivity index (χ3n) is 3.03. The van der Waals surface area contributed by atoms with Gasteiger partial charge in [-0.15, -0.1) is 0 Å². The molecular weight excluding hydrogens is 232 g/mol. The van der Waals surface area contributed by atoms with Crippen molar-refractivity contribution in [3.8, 4) is 12.1 Å². The molecule has 0 aliphatic carbocycles. The Labute approximate surface area is 106 Å². The predicted molar refractivity (Wildman–Crippen MR) is 62.8 cm³/mol. The second-order valence-electron chi connectivity index (χ2n) is 4.30. The van der Waals surface area contributed by atoms with Crippen LogP contribution in [0.15, 0.2) is 0 Å². The second kappa shape index (κ2) is 7.29. The Hall–Kier alpha value is -2.08. The topological polar surface area (TPSA) is 97.0 Å². The molecule has 96 valence electrons. The summed E-state index contributed by atoms with van der Waals surface area (Å²) in [5, 5.41) is 19.5. The summed E-state index contributed by atoms with van der Waals surface area (Å²) in [6, 6.07) is 3.65. The van der Waals surface area contributed by atoms with Crippen molar-refractivity contribution in [1.82, 2.24) is 10.2 Å². The average Bonchev–Trinajstić information content (AvgIpc) is 2.37. The van der Waals surface area contributed by atoms with Gasteiger partial charge < -0.3 is 10.2 Å². The highest BCUT2D eigenvalue weighted by molar-refractivity contribution is 5.78. The van der Waals surface area contributed by atoms with Crippen molar-refractivity contribution in [2.24, 2.45) is 5.92 Å². The van der Waals surface area contributed by atoms with E-state index in [1.165, 1.54) is 0 Å². The standard InChI is InChI=1S/C12H16N4O2/c13-5-1-11(17)15-9-10-3-7-16(8-4-10)12(18)2-6-14/h10H,1-4,7-9H2,(H,15,17). The molecule has 1 aliphatic heterocycles. The molecule has 0 aromatic rings. The molecule has 1 rings (SSSR count). The maximum absolute atomic E-state index is 11.5. The fourth-order valence-corrected chi connectivity index (χ4v) is 1.96. The van der Waals surface area contributed by atoms with Gasteiger partial charge in [0.2, 0.25) is 11.8 Å². The zero-order valence-electron chi connectivity index (χ0n) is 10.2. The van der Waals surface area contributed by atoms with E-state index in [-0.39, 0.29) is 24.7 Å². The van der Waals surface area contributed by atoms with E-state index in [9.17, 15) is 9.59 Å². The van der Waals surface area contributed by atoms with Gasteiger partial charge in [-0.3, -0.25) is 9.59 Å². The summed E-state index contributed by atoms with van der Waals surface area (Å²) in [4.78, 5) is 24.3. The summed E-state index contributed by atoms with van der Waals surface area (Å²) in [6.07, 6.45) is 1.47. The van der Waals surface area contributed by atoms with E-state index in [0.717, 1.165) is 12.8 Å². The molecule has 0 bridgehead atoms. The van der Waals surface area contributed by atoms with Crippen LogP contribution in [-0.2, 0) is 9.59 Å². The zero-order chi connectivity index (χ0) is 13.4. The summed E-state index contributed by atoms with van der Waals surface area (Å²) in [6.45, 7) is 1.83. The summed E-state index contributed by atoms with van der Waals surface area (Å²) < 4.78 is 0. The van der Waals surface area contributed by atoms with Gasteiger partial charge in [-0.05, 0) is 18.8 Å². The lowest BCUT2D eigenvalue weighted by Crippen LogP contribution is -2.41. The second-order valence-corrected chi connectivity index (χ2v) is 4.30. The van der Waals surface area contributed by atoms with Gasteiger partial charge in [-0.2, -0.15) is 10.5 Å². The maximum atomic E-state index is 11.5. The fraction of sp³-hybridized carbons (Fsp3) is 0.667. The van der Waals surface area contributed by atoms with Gasteiger partial charge in [0.15, 0.2) is 0 Å². The molecule has 0 atom stereocenters. The van der Waals surface area contributed by atoms with Crippen LogP contribution in [0.2, 0.25) is 0 Å². The molecule has 1 heterocycles. The van der Waals surface area contributed by atoms with Crippen LogP contribution in [0.1, 0.15) is 25.7 Å². The first kappa shape index (κ1) is 14.0. The third-order valence-corrected chi connectivity index (χ3v) is 3.03. The van der Waals surface area contributed by atoms with E-state index in [2.05, 4.69) is 5.32 Å². The van der Waals surface area contributed by atoms with E-state index in [1.54, 1.807) is 11.0 Å². The van der Waals surface area contributed by atoms with Crippen molar-refractivity contribution in [3.05, 3.63) is 0 Å². The van der Waals surface area contributed by atoms with Crippen LogP contribution in [-0.4, -0.2) is 36.3 Å². The lowest BCUT2D eigenvalue weighted by Gasteiger charge is -2.31. The predicted octanol–water partition coefficient (Wildman–Crippen LogP) is 0.169. The molecule has 6 heteroatoms. The van der Waals surface area contributed by atoms with Gasteiger partial charge in [0, 0.05) is 19.6 Å². The van der Waals surface area contributed by atoms with Crippen LogP contribution in [0.3, 0.4) is 0 Å². The Morgan fingerprint density at radius 2 is 1.78 bits per heavy atom. The first-order valence-electron chi connectivity index (χ1n) is 5.95. The molecule has 1 saturated heterocycles. The summed E-state index contributed by atoms with van der Waals surface area (Å²) in [5.74, 6) is -0.0243. The highest BCUT2D eigenvalue weighted by Crippen LogP contribution is 2.16. The molecule has 0 aromatic heterocycles. The number of rotatable bonds is 4. The van der Waals surface area contributed by atoms with Crippen LogP contribution in [0.5, 0.6) is 0 Å². The minimum absolute atomic E-state index is 0.0659. The zero-order valence-corrected chi connectivity index (χ0v) is 10.2. The first-order chi connectivity index (χ1) is 8.67. The van der Waals surface area contributed by atoms with Gasteiger partial charge in [0.25, 0.3) is 0 Å². The number of nitrogens with one attached hydrogen (secondary N) is 1. The molecule has 1 N–H and O–H groups in total. The largest absolute Gasteiger partial charge is 0.355 e. The minimum atomic E-state index is -0.250. The number of hydrogen-bond acceptors (Lipinski definition) is 4. The Kier molecular flexibility index (Phi) is 5.66. The number of carbonyl (C=O) groups is 2. The number of carbonyl (C=O) groups excluding carboxylic acids is 2. The highest BCUT2D eigenvalue weighted by Gasteiger charge is 2.22. The number of piperidine rings is 1. The van der Waals surface area contributed by atoms with E-state index in [4.69, 9.17) is 10.5 Å². The van der Waals surface area contributed by atoms with Crippen LogP contribution < -0.4 is 5.32 Å². The SMILES string of the molecule is N#CCC(=O)NCC1CCN(C(=O)CC#N)CC1. The van der Waals surface area contributed by atoms with Crippen molar-refractivity contribution in [2.75, 3.05) is 19.6 Å². The normalized spacial score (nSPS) is 15.6. The first-order valence-corrected chi connectivity index (χ1v) is 5.95. The Morgan fingerprint density at radius 1 is 1.17 bits per heavy atom. The maximum Gasteiger partial charge on any atom is 0.236 e. The Morgan fingerprint density at radius 3 is 2.33 bits per heavy atom. The lowest BCUT2D eigenvalue weighted by atomic mass is 9.96. The molecule has 0 spiro atoms. The summed E-state index contributed by atoms with van der Waals surface area (Å²) in [5.41, 5.74) is 0. The number of hydrogen-bond donors (Lipinski definition) is 1. The smallest absolute Gasteiger partial charge is 0.236 e. The lowest BCUT2D eigenvalue weighted by molar-refractivity contribution is -0.131. The van der Waals surface area contributed by atoms with E-state index < -0.39 is 0 Å². The van der Waals surface area contributed by atoms with Crippen molar-refractivity contribution in [3.63, 3.8) is 0 Å². The Balaban J connectivity index is 2.24. The monoisotopic (exact) mass is 248 g/mol. The molecule has 1 fully saturated rings. The number of amides is 2. The molecule has 2 amide bonds. The van der Waals surface area contributed by atoms with Crippen molar-refractivity contribution >= 4 is 11.8 Å². The molecule has 18 heavy (non-hydrogen) atoms. The van der Waals surface area contributed by atoms with Crippen LogP contribution in [0.25, 0.3) is 0 Å². The molecule has 0 aromatic carbocycles. The van der Waals surface area contributed by atoms with Crippen molar-refractivity contribution < 1.29 is 9.59 Å². The average molecular weight is 248 g/mol. The number of likely N-dealkylation sites (tertiary alicyclic amines) is 1. The molecular formula is C12H16N4O2. The molecule has 0 radical (unpaired) electrons. The quantitative estimate of drug-likeness (QED) is 0.766. The van der Waals surface area contributed by atoms with Crippen molar-refractivity contribution in [2.45, 2.75) is 25.7 Å². The molecule has 6 nitrogen and oxygen atoms in total. The van der Waals surface area contributed by atoms with Gasteiger partial charge in [-0.1, -0.05) is 0 Å².